The lowest BCUT2D eigenvalue weighted by atomic mass is 10.0. The van der Waals surface area contributed by atoms with Crippen LogP contribution in [-0.2, 0) is 4.74 Å². The molecule has 2 aromatic carbocycles. The Bertz CT molecular complexity index is 701. The second kappa shape index (κ2) is 6.52. The number of rotatable bonds is 4. The predicted molar refractivity (Wildman–Crippen MR) is 79.3 cm³/mol. The summed E-state index contributed by atoms with van der Waals surface area (Å²) in [5.41, 5.74) is 1.20. The summed E-state index contributed by atoms with van der Waals surface area (Å²) < 4.78 is 4.66. The molecule has 0 unspecified atom stereocenters. The van der Waals surface area contributed by atoms with Gasteiger partial charge in [-0.05, 0) is 29.8 Å². The lowest BCUT2D eigenvalue weighted by molar-refractivity contribution is 0.0597. The van der Waals surface area contributed by atoms with Gasteiger partial charge in [-0.1, -0.05) is 36.4 Å². The zero-order valence-corrected chi connectivity index (χ0v) is 11.4. The molecular formula is C17H14O4. The zero-order chi connectivity index (χ0) is 15.2. The lowest BCUT2D eigenvalue weighted by Crippen LogP contribution is -2.08. The molecule has 0 radical (unpaired) electrons. The summed E-state index contributed by atoms with van der Waals surface area (Å²) in [6.07, 6.45) is 2.94. The molecule has 0 fully saturated rings. The summed E-state index contributed by atoms with van der Waals surface area (Å²) in [6, 6.07) is 13.0. The van der Waals surface area contributed by atoms with Gasteiger partial charge in [-0.2, -0.15) is 0 Å². The van der Waals surface area contributed by atoms with Crippen LogP contribution in [0.3, 0.4) is 0 Å². The van der Waals surface area contributed by atoms with E-state index in [0.717, 1.165) is 0 Å². The van der Waals surface area contributed by atoms with Crippen LogP contribution in [0.25, 0.3) is 6.08 Å². The number of aromatic hydroxyl groups is 1. The van der Waals surface area contributed by atoms with Crippen LogP contribution in [0.4, 0.5) is 0 Å². The molecule has 0 aromatic heterocycles. The van der Waals surface area contributed by atoms with Crippen LogP contribution in [-0.4, -0.2) is 24.0 Å². The van der Waals surface area contributed by atoms with Gasteiger partial charge >= 0.3 is 5.97 Å². The summed E-state index contributed by atoms with van der Waals surface area (Å²) in [4.78, 5) is 23.8. The van der Waals surface area contributed by atoms with Crippen molar-refractivity contribution in [2.24, 2.45) is 0 Å². The minimum absolute atomic E-state index is 0.125. The van der Waals surface area contributed by atoms with Crippen molar-refractivity contribution < 1.29 is 19.4 Å². The number of hydrogen-bond acceptors (Lipinski definition) is 4. The van der Waals surface area contributed by atoms with Gasteiger partial charge in [0.15, 0.2) is 5.78 Å². The average molecular weight is 282 g/mol. The van der Waals surface area contributed by atoms with E-state index in [1.807, 2.05) is 0 Å². The fourth-order valence-corrected chi connectivity index (χ4v) is 1.88. The third-order valence-corrected chi connectivity index (χ3v) is 2.90. The number of esters is 1. The van der Waals surface area contributed by atoms with E-state index in [1.54, 1.807) is 48.5 Å². The average Bonchev–Trinajstić information content (AvgIpc) is 2.52. The fraction of sp³-hybridized carbons (Fsp3) is 0.0588. The molecule has 0 spiro atoms. The Morgan fingerprint density at radius 2 is 1.76 bits per heavy atom. The smallest absolute Gasteiger partial charge is 0.338 e. The van der Waals surface area contributed by atoms with E-state index in [4.69, 9.17) is 0 Å². The zero-order valence-electron chi connectivity index (χ0n) is 11.4. The molecule has 2 aromatic rings. The maximum atomic E-state index is 12.2. The summed E-state index contributed by atoms with van der Waals surface area (Å²) in [7, 11) is 1.27. The number of ether oxygens (including phenoxy) is 1. The molecular weight excluding hydrogens is 268 g/mol. The minimum atomic E-state index is -0.551. The van der Waals surface area contributed by atoms with Crippen molar-refractivity contribution in [1.29, 1.82) is 0 Å². The molecule has 0 aliphatic rings. The molecule has 0 aliphatic carbocycles. The first-order valence-electron chi connectivity index (χ1n) is 6.30. The highest BCUT2D eigenvalue weighted by Gasteiger charge is 2.14. The molecule has 1 N–H and O–H groups in total. The van der Waals surface area contributed by atoms with Crippen LogP contribution >= 0.6 is 0 Å². The Kier molecular flexibility index (Phi) is 4.51. The topological polar surface area (TPSA) is 63.6 Å². The van der Waals surface area contributed by atoms with E-state index in [-0.39, 0.29) is 22.7 Å². The molecule has 0 bridgehead atoms. The Hall–Kier alpha value is -2.88. The molecule has 4 heteroatoms. The Balaban J connectivity index is 2.27. The predicted octanol–water partition coefficient (Wildman–Crippen LogP) is 3.07. The van der Waals surface area contributed by atoms with E-state index in [1.165, 1.54) is 19.3 Å². The molecule has 0 atom stereocenters. The number of carbonyl (C=O) groups is 2. The van der Waals surface area contributed by atoms with Crippen LogP contribution in [0.5, 0.6) is 5.75 Å². The maximum Gasteiger partial charge on any atom is 0.338 e. The van der Waals surface area contributed by atoms with E-state index >= 15 is 0 Å². The van der Waals surface area contributed by atoms with Crippen molar-refractivity contribution in [3.05, 3.63) is 71.3 Å². The highest BCUT2D eigenvalue weighted by Crippen LogP contribution is 2.15. The summed E-state index contributed by atoms with van der Waals surface area (Å²) in [6.45, 7) is 0. The Morgan fingerprint density at radius 1 is 1.05 bits per heavy atom. The summed E-state index contributed by atoms with van der Waals surface area (Å²) in [5.74, 6) is -0.733. The van der Waals surface area contributed by atoms with E-state index in [9.17, 15) is 14.7 Å². The SMILES string of the molecule is COC(=O)c1ccccc1C(=O)/C=C/c1cccc(O)c1. The van der Waals surface area contributed by atoms with E-state index in [2.05, 4.69) is 4.74 Å². The quantitative estimate of drug-likeness (QED) is 0.532. The first-order valence-corrected chi connectivity index (χ1v) is 6.30. The fourth-order valence-electron chi connectivity index (χ4n) is 1.88. The molecule has 4 nitrogen and oxygen atoms in total. The molecule has 0 aliphatic heterocycles. The van der Waals surface area contributed by atoms with Gasteiger partial charge in [-0.3, -0.25) is 4.79 Å². The van der Waals surface area contributed by atoms with Crippen molar-refractivity contribution in [3.8, 4) is 5.75 Å². The molecule has 21 heavy (non-hydrogen) atoms. The molecule has 106 valence electrons. The maximum absolute atomic E-state index is 12.2. The van der Waals surface area contributed by atoms with Crippen molar-refractivity contribution in [2.75, 3.05) is 7.11 Å². The second-order valence-corrected chi connectivity index (χ2v) is 4.33. The van der Waals surface area contributed by atoms with E-state index < -0.39 is 5.97 Å². The highest BCUT2D eigenvalue weighted by molar-refractivity contribution is 6.12. The van der Waals surface area contributed by atoms with Gasteiger partial charge in [0, 0.05) is 5.56 Å². The van der Waals surface area contributed by atoms with Crippen LogP contribution in [0.2, 0.25) is 0 Å². The normalized spacial score (nSPS) is 10.5. The van der Waals surface area contributed by atoms with Gasteiger partial charge in [0.1, 0.15) is 5.75 Å². The standard InChI is InChI=1S/C17H14O4/c1-21-17(20)15-8-3-2-7-14(15)16(19)10-9-12-5-4-6-13(18)11-12/h2-11,18H,1H3/b10-9+. The number of hydrogen-bond donors (Lipinski definition) is 1. The highest BCUT2D eigenvalue weighted by atomic mass is 16.5. The summed E-state index contributed by atoms with van der Waals surface area (Å²) >= 11 is 0. The molecule has 2 rings (SSSR count). The van der Waals surface area contributed by atoms with Crippen LogP contribution < -0.4 is 0 Å². The van der Waals surface area contributed by atoms with Crippen molar-refractivity contribution in [3.63, 3.8) is 0 Å². The number of allylic oxidation sites excluding steroid dienone is 1. The number of phenols is 1. The van der Waals surface area contributed by atoms with Crippen LogP contribution in [0.15, 0.2) is 54.6 Å². The second-order valence-electron chi connectivity index (χ2n) is 4.33. The Labute approximate surface area is 122 Å². The number of ketones is 1. The van der Waals surface area contributed by atoms with Crippen LogP contribution in [0, 0.1) is 0 Å². The van der Waals surface area contributed by atoms with Gasteiger partial charge in [0.25, 0.3) is 0 Å². The first-order chi connectivity index (χ1) is 10.1. The number of methoxy groups -OCH3 is 1. The van der Waals surface area contributed by atoms with Gasteiger partial charge < -0.3 is 9.84 Å². The van der Waals surface area contributed by atoms with Crippen molar-refractivity contribution >= 4 is 17.8 Å². The van der Waals surface area contributed by atoms with Gasteiger partial charge in [-0.15, -0.1) is 0 Å². The summed E-state index contributed by atoms with van der Waals surface area (Å²) in [5, 5.41) is 9.36. The molecule has 0 amide bonds. The molecule has 0 saturated heterocycles. The molecule has 0 saturated carbocycles. The third kappa shape index (κ3) is 3.57. The van der Waals surface area contributed by atoms with Gasteiger partial charge in [-0.25, -0.2) is 4.79 Å². The third-order valence-electron chi connectivity index (χ3n) is 2.90. The van der Waals surface area contributed by atoms with Crippen molar-refractivity contribution in [1.82, 2.24) is 0 Å². The lowest BCUT2D eigenvalue weighted by Gasteiger charge is -2.04. The number of phenolic OH excluding ortho intramolecular Hbond substituents is 1. The first kappa shape index (κ1) is 14.5. The Morgan fingerprint density at radius 3 is 2.43 bits per heavy atom. The van der Waals surface area contributed by atoms with Crippen LogP contribution in [0.1, 0.15) is 26.3 Å². The largest absolute Gasteiger partial charge is 0.508 e. The number of benzene rings is 2. The van der Waals surface area contributed by atoms with Gasteiger partial charge in [0.05, 0.1) is 12.7 Å². The number of carbonyl (C=O) groups excluding carboxylic acids is 2. The van der Waals surface area contributed by atoms with Crippen molar-refractivity contribution in [2.45, 2.75) is 0 Å². The minimum Gasteiger partial charge on any atom is -0.508 e. The van der Waals surface area contributed by atoms with E-state index in [0.29, 0.717) is 5.56 Å². The monoisotopic (exact) mass is 282 g/mol. The molecule has 0 heterocycles. The van der Waals surface area contributed by atoms with Gasteiger partial charge in [0.2, 0.25) is 0 Å².